The average Bonchev–Trinajstić information content (AvgIpc) is 3.86. The van der Waals surface area contributed by atoms with E-state index in [-0.39, 0.29) is 76.2 Å². The number of aliphatic hydroxyl groups is 3. The van der Waals surface area contributed by atoms with E-state index >= 15 is 0 Å². The Kier molecular flexibility index (Phi) is 30.8. The van der Waals surface area contributed by atoms with Crippen molar-refractivity contribution in [2.45, 2.75) is 177 Å². The Morgan fingerprint density at radius 3 is 1.56 bits per heavy atom. The van der Waals surface area contributed by atoms with Crippen molar-refractivity contribution in [1.82, 2.24) is 47.4 Å². The van der Waals surface area contributed by atoms with Crippen LogP contribution in [0.3, 0.4) is 0 Å². The third-order valence-electron chi connectivity index (χ3n) is 13.8. The number of aliphatic hydroxyl groups excluding tert-OH is 3. The summed E-state index contributed by atoms with van der Waals surface area (Å²) in [4.78, 5) is 176. The lowest BCUT2D eigenvalue weighted by molar-refractivity contribution is -0.145. The Hall–Kier alpha value is -8.76. The van der Waals surface area contributed by atoms with Gasteiger partial charge in [0.25, 0.3) is 0 Å². The summed E-state index contributed by atoms with van der Waals surface area (Å²) in [6.45, 7) is 4.24. The zero-order chi connectivity index (χ0) is 65.1. The minimum atomic E-state index is -1.84. The Morgan fingerprint density at radius 2 is 1.05 bits per heavy atom. The minimum absolute atomic E-state index is 0.0186. The molecule has 1 aliphatic heterocycles. The maximum absolute atomic E-state index is 14.4. The van der Waals surface area contributed by atoms with Crippen molar-refractivity contribution >= 4 is 82.8 Å². The molecule has 13 atom stereocenters. The number of nitrogens with zero attached hydrogens (tertiary/aromatic N) is 2. The van der Waals surface area contributed by atoms with Crippen LogP contribution in [0, 0.1) is 5.92 Å². The maximum atomic E-state index is 14.4. The molecule has 1 aromatic rings. The predicted octanol–water partition coefficient (Wildman–Crippen LogP) is -8.13. The fourth-order valence-corrected chi connectivity index (χ4v) is 8.66. The first-order valence-electron chi connectivity index (χ1n) is 27.7. The van der Waals surface area contributed by atoms with Crippen molar-refractivity contribution in [2.24, 2.45) is 45.3 Å². The van der Waals surface area contributed by atoms with Crippen molar-refractivity contribution in [3.05, 3.63) is 29.8 Å². The number of nitrogens with two attached hydrogens (primary N) is 6. The van der Waals surface area contributed by atoms with Crippen LogP contribution in [0.25, 0.3) is 0 Å². The number of guanidine groups is 1. The van der Waals surface area contributed by atoms with E-state index in [2.05, 4.69) is 47.5 Å². The molecule has 34 heteroatoms. The van der Waals surface area contributed by atoms with Gasteiger partial charge in [0.2, 0.25) is 70.9 Å². The summed E-state index contributed by atoms with van der Waals surface area (Å²) in [6, 6.07) is -10.6. The molecule has 0 aromatic heterocycles. The molecule has 2 rings (SSSR count). The first-order valence-corrected chi connectivity index (χ1v) is 27.7. The van der Waals surface area contributed by atoms with Gasteiger partial charge in [0.05, 0.1) is 24.9 Å². The molecule has 0 radical (unpaired) electrons. The van der Waals surface area contributed by atoms with Gasteiger partial charge in [-0.15, -0.1) is 0 Å². The molecule has 0 aliphatic carbocycles. The highest BCUT2D eigenvalue weighted by atomic mass is 16.4. The zero-order valence-electron chi connectivity index (χ0n) is 48.3. The fraction of sp³-hybridized carbons (Fsp3) is 0.615. The second-order valence-electron chi connectivity index (χ2n) is 20.8. The van der Waals surface area contributed by atoms with Crippen LogP contribution in [-0.4, -0.2) is 206 Å². The number of aliphatic carboxylic acids is 1. The Balaban J connectivity index is 2.45. The Bertz CT molecular complexity index is 2590. The van der Waals surface area contributed by atoms with Crippen LogP contribution in [0.15, 0.2) is 29.3 Å². The molecule has 25 N–H and O–H groups in total. The number of phenolic OH excluding ortho intramolecular Hbond substituents is 1. The lowest BCUT2D eigenvalue weighted by Crippen LogP contribution is -2.63. The SMILES string of the molecule is CC[C@H](C)[C@H](NC(=O)[C@H](Cc1ccc(O)cc1)NC(=O)[C@H](CO)NC(=O)[C@H](CCC(N)=O)NC(=O)[C@@H](N)CCC(N)=O)C(=O)N[C@H](C(=O)N1CCC[C@H]1C(=O)N[C@@H](CCC(N)=O)C(=O)N[C@@H](CCCN=C(N)N)C(=O)N[C@H](C(=O)O)[C@@H](C)O)[C@@H](C)O. The number of benzene rings is 1. The number of amides is 12. The number of likely N-dealkylation sites (tertiary alicyclic amines) is 1. The molecule has 34 nitrogen and oxygen atoms in total. The molecule has 0 saturated carbocycles. The molecule has 0 unspecified atom stereocenters. The Morgan fingerprint density at radius 1 is 0.593 bits per heavy atom. The van der Waals surface area contributed by atoms with E-state index in [1.165, 1.54) is 24.3 Å². The van der Waals surface area contributed by atoms with Crippen LogP contribution in [0.2, 0.25) is 0 Å². The van der Waals surface area contributed by atoms with Crippen molar-refractivity contribution in [3.63, 3.8) is 0 Å². The monoisotopic (exact) mass is 1220 g/mol. The lowest BCUT2D eigenvalue weighted by Gasteiger charge is -2.33. The number of carbonyl (C=O) groups is 13. The van der Waals surface area contributed by atoms with E-state index in [9.17, 15) is 87.9 Å². The lowest BCUT2D eigenvalue weighted by atomic mass is 9.96. The molecule has 86 heavy (non-hydrogen) atoms. The van der Waals surface area contributed by atoms with Gasteiger partial charge in [-0.3, -0.25) is 62.5 Å². The molecular formula is C52H84N16O18. The van der Waals surface area contributed by atoms with Gasteiger partial charge in [0.15, 0.2) is 12.0 Å². The third-order valence-corrected chi connectivity index (χ3v) is 13.8. The third kappa shape index (κ3) is 24.8. The highest BCUT2D eigenvalue weighted by Gasteiger charge is 2.42. The van der Waals surface area contributed by atoms with Crippen molar-refractivity contribution < 1.29 is 87.9 Å². The zero-order valence-corrected chi connectivity index (χ0v) is 48.3. The number of rotatable bonds is 38. The molecule has 1 heterocycles. The number of carbonyl (C=O) groups excluding carboxylic acids is 12. The van der Waals surface area contributed by atoms with Gasteiger partial charge >= 0.3 is 5.97 Å². The minimum Gasteiger partial charge on any atom is -0.508 e. The molecular weight excluding hydrogens is 1140 g/mol. The first-order chi connectivity index (χ1) is 40.3. The van der Waals surface area contributed by atoms with Crippen LogP contribution >= 0.6 is 0 Å². The highest BCUT2D eigenvalue weighted by Crippen LogP contribution is 2.21. The van der Waals surface area contributed by atoms with E-state index < -0.39 is 188 Å². The predicted molar refractivity (Wildman–Crippen MR) is 303 cm³/mol. The first kappa shape index (κ1) is 73.3. The highest BCUT2D eigenvalue weighted by molar-refractivity contribution is 5.99. The number of aromatic hydroxyl groups is 1. The summed E-state index contributed by atoms with van der Waals surface area (Å²) in [5.74, 6) is -14.6. The smallest absolute Gasteiger partial charge is 0.328 e. The molecule has 12 amide bonds. The van der Waals surface area contributed by atoms with E-state index in [0.717, 1.165) is 18.7 Å². The maximum Gasteiger partial charge on any atom is 0.328 e. The quantitative estimate of drug-likeness (QED) is 0.0166. The molecule has 0 spiro atoms. The van der Waals surface area contributed by atoms with Crippen LogP contribution in [0.1, 0.15) is 104 Å². The summed E-state index contributed by atoms with van der Waals surface area (Å²) in [5, 5.41) is 69.9. The van der Waals surface area contributed by atoms with Gasteiger partial charge in [-0.25, -0.2) is 4.79 Å². The van der Waals surface area contributed by atoms with E-state index in [1.54, 1.807) is 13.8 Å². The molecule has 1 aliphatic rings. The number of hydrogen-bond donors (Lipinski definition) is 19. The summed E-state index contributed by atoms with van der Waals surface area (Å²) in [5.41, 5.74) is 32.8. The summed E-state index contributed by atoms with van der Waals surface area (Å²) < 4.78 is 0. The number of aliphatic imine (C=N–C) groups is 1. The van der Waals surface area contributed by atoms with Crippen molar-refractivity contribution in [1.29, 1.82) is 0 Å². The van der Waals surface area contributed by atoms with Gasteiger partial charge in [-0.05, 0) is 82.4 Å². The Labute approximate surface area is 494 Å². The van der Waals surface area contributed by atoms with E-state index in [1.807, 2.05) is 0 Å². The number of hydrogen-bond acceptors (Lipinski definition) is 19. The largest absolute Gasteiger partial charge is 0.508 e. The molecule has 1 aromatic carbocycles. The van der Waals surface area contributed by atoms with Gasteiger partial charge in [0, 0.05) is 38.8 Å². The normalized spacial score (nSPS) is 17.0. The second-order valence-corrected chi connectivity index (χ2v) is 20.8. The summed E-state index contributed by atoms with van der Waals surface area (Å²) in [6.07, 6.45) is -5.61. The van der Waals surface area contributed by atoms with Crippen LogP contribution < -0.4 is 76.9 Å². The topological polar surface area (TPSA) is 591 Å². The number of primary amides is 3. The van der Waals surface area contributed by atoms with Crippen molar-refractivity contribution in [3.8, 4) is 5.75 Å². The molecule has 0 bridgehead atoms. The van der Waals surface area contributed by atoms with Crippen LogP contribution in [0.5, 0.6) is 5.75 Å². The second kappa shape index (κ2) is 36.2. The summed E-state index contributed by atoms with van der Waals surface area (Å²) >= 11 is 0. The van der Waals surface area contributed by atoms with Crippen LogP contribution in [-0.2, 0) is 68.7 Å². The van der Waals surface area contributed by atoms with Crippen molar-refractivity contribution in [2.75, 3.05) is 19.7 Å². The van der Waals surface area contributed by atoms with E-state index in [0.29, 0.717) is 5.56 Å². The fourth-order valence-electron chi connectivity index (χ4n) is 8.66. The standard InChI is InChI=1S/C52H84N16O18/c1-5-24(2)39(65-46(80)33(22-27-10-12-28(72)13-11-27)63-47(81)34(23-69)64-44(78)31(15-18-37(55)74)60-42(76)29(53)14-17-36(54)73)49(83)66-40(25(3)70)50(84)68-21-7-9-35(68)48(82)62-32(16-19-38(56)75)43(77)61-30(8-6-20-59-52(57)58)45(79)67-41(26(4)71)51(85)86/h10-13,24-26,29-35,39-41,69-72H,5-9,14-23,53H2,1-4H3,(H2,54,73)(H2,55,74)(H2,56,75)(H,60,76)(H,61,77)(H,62,82)(H,63,81)(H,64,78)(H,65,80)(H,66,83)(H,67,79)(H,85,86)(H4,57,58,59)/t24-,25+,26+,29-,30-,31-,32-,33-,34-,35-,39-,40-,41-/m0/s1. The number of carboxylic acid groups (broad SMARTS) is 1. The van der Waals surface area contributed by atoms with E-state index in [4.69, 9.17) is 34.4 Å². The number of carboxylic acids is 1. The number of nitrogens with one attached hydrogen (secondary N) is 8. The average molecular weight is 1220 g/mol. The van der Waals surface area contributed by atoms with Gasteiger partial charge in [-0.1, -0.05) is 32.4 Å². The van der Waals surface area contributed by atoms with Gasteiger partial charge in [-0.2, -0.15) is 0 Å². The van der Waals surface area contributed by atoms with Gasteiger partial charge in [0.1, 0.15) is 54.1 Å². The van der Waals surface area contributed by atoms with Gasteiger partial charge < -0.3 is 107 Å². The molecule has 480 valence electrons. The number of phenols is 1. The summed E-state index contributed by atoms with van der Waals surface area (Å²) in [7, 11) is 0. The van der Waals surface area contributed by atoms with Crippen LogP contribution in [0.4, 0.5) is 0 Å². The molecule has 1 fully saturated rings. The molecule has 1 saturated heterocycles.